The summed E-state index contributed by atoms with van der Waals surface area (Å²) in [4.78, 5) is 0. The van der Waals surface area contributed by atoms with Crippen LogP contribution in [0.4, 0.5) is 5.69 Å². The summed E-state index contributed by atoms with van der Waals surface area (Å²) >= 11 is 0. The van der Waals surface area contributed by atoms with Crippen molar-refractivity contribution in [2.24, 2.45) is 5.73 Å². The Balaban J connectivity index is 1.75. The number of benzene rings is 1. The third-order valence-electron chi connectivity index (χ3n) is 3.59. The Kier molecular flexibility index (Phi) is 3.07. The number of nitrogens with zero attached hydrogens (tertiary/aromatic N) is 1. The molecule has 0 bridgehead atoms. The molecule has 1 heterocycles. The third kappa shape index (κ3) is 2.41. The largest absolute Gasteiger partial charge is 0.382 e. The van der Waals surface area contributed by atoms with E-state index < -0.39 is 0 Å². The Hall–Kier alpha value is -1.74. The van der Waals surface area contributed by atoms with Crippen LogP contribution in [-0.2, 0) is 0 Å². The van der Waals surface area contributed by atoms with Crippen LogP contribution in [0.2, 0.25) is 0 Å². The van der Waals surface area contributed by atoms with Crippen molar-refractivity contribution < 1.29 is 0 Å². The van der Waals surface area contributed by atoms with Gasteiger partial charge in [-0.15, -0.1) is 0 Å². The molecule has 2 atom stereocenters. The van der Waals surface area contributed by atoms with Gasteiger partial charge >= 0.3 is 0 Å². The molecule has 0 amide bonds. The lowest BCUT2D eigenvalue weighted by atomic mass is 10.2. The van der Waals surface area contributed by atoms with Gasteiger partial charge < -0.3 is 15.6 Å². The highest BCUT2D eigenvalue weighted by Gasteiger charge is 2.21. The maximum absolute atomic E-state index is 5.94. The average molecular weight is 241 g/mol. The van der Waals surface area contributed by atoms with Crippen LogP contribution < -0.4 is 11.1 Å². The number of nitrogens with two attached hydrogens (primary N) is 1. The molecule has 1 aliphatic rings. The van der Waals surface area contributed by atoms with Gasteiger partial charge in [0.1, 0.15) is 0 Å². The SMILES string of the molecule is NC1CCC(Nc2cccc(-n3cccc3)c2)C1. The van der Waals surface area contributed by atoms with Crippen LogP contribution in [0.1, 0.15) is 19.3 Å². The van der Waals surface area contributed by atoms with Gasteiger partial charge in [-0.05, 0) is 49.6 Å². The fourth-order valence-electron chi connectivity index (χ4n) is 2.65. The van der Waals surface area contributed by atoms with Gasteiger partial charge in [-0.1, -0.05) is 6.07 Å². The highest BCUT2D eigenvalue weighted by molar-refractivity contribution is 5.52. The van der Waals surface area contributed by atoms with E-state index in [0.29, 0.717) is 12.1 Å². The zero-order valence-electron chi connectivity index (χ0n) is 10.4. The van der Waals surface area contributed by atoms with Crippen LogP contribution in [0.5, 0.6) is 0 Å². The minimum absolute atomic E-state index is 0.370. The summed E-state index contributed by atoms with van der Waals surface area (Å²) in [5.41, 5.74) is 8.31. The van der Waals surface area contributed by atoms with Crippen molar-refractivity contribution in [3.05, 3.63) is 48.8 Å². The summed E-state index contributed by atoms with van der Waals surface area (Å²) in [5.74, 6) is 0. The van der Waals surface area contributed by atoms with E-state index in [9.17, 15) is 0 Å². The fraction of sp³-hybridized carbons (Fsp3) is 0.333. The summed E-state index contributed by atoms with van der Waals surface area (Å²) < 4.78 is 2.12. The molecule has 18 heavy (non-hydrogen) atoms. The summed E-state index contributed by atoms with van der Waals surface area (Å²) in [6.45, 7) is 0. The van der Waals surface area contributed by atoms with E-state index in [0.717, 1.165) is 12.8 Å². The Morgan fingerprint density at radius 3 is 2.67 bits per heavy atom. The molecule has 0 saturated heterocycles. The molecule has 1 saturated carbocycles. The van der Waals surface area contributed by atoms with Crippen LogP contribution in [0.15, 0.2) is 48.8 Å². The number of hydrogen-bond acceptors (Lipinski definition) is 2. The van der Waals surface area contributed by atoms with E-state index in [1.54, 1.807) is 0 Å². The molecule has 1 fully saturated rings. The summed E-state index contributed by atoms with van der Waals surface area (Å²) in [6, 6.07) is 13.5. The molecule has 1 aliphatic carbocycles. The first-order valence-corrected chi connectivity index (χ1v) is 6.57. The average Bonchev–Trinajstić information content (AvgIpc) is 3.01. The fourth-order valence-corrected chi connectivity index (χ4v) is 2.65. The van der Waals surface area contributed by atoms with Gasteiger partial charge in [0.25, 0.3) is 0 Å². The topological polar surface area (TPSA) is 43.0 Å². The highest BCUT2D eigenvalue weighted by Crippen LogP contribution is 2.23. The van der Waals surface area contributed by atoms with Crippen LogP contribution >= 0.6 is 0 Å². The first-order valence-electron chi connectivity index (χ1n) is 6.57. The van der Waals surface area contributed by atoms with E-state index in [1.165, 1.54) is 17.8 Å². The number of nitrogens with one attached hydrogen (secondary N) is 1. The quantitative estimate of drug-likeness (QED) is 0.867. The molecular formula is C15H19N3. The number of anilines is 1. The first-order chi connectivity index (χ1) is 8.81. The van der Waals surface area contributed by atoms with Crippen LogP contribution in [0.25, 0.3) is 5.69 Å². The first kappa shape index (κ1) is 11.4. The Labute approximate surface area is 108 Å². The van der Waals surface area contributed by atoms with Crippen molar-refractivity contribution in [1.82, 2.24) is 4.57 Å². The second-order valence-corrected chi connectivity index (χ2v) is 5.06. The number of aromatic nitrogens is 1. The molecule has 94 valence electrons. The Morgan fingerprint density at radius 1 is 1.11 bits per heavy atom. The minimum atomic E-state index is 0.370. The lowest BCUT2D eigenvalue weighted by Crippen LogP contribution is -2.20. The normalized spacial score (nSPS) is 23.2. The van der Waals surface area contributed by atoms with Gasteiger partial charge in [-0.2, -0.15) is 0 Å². The highest BCUT2D eigenvalue weighted by atomic mass is 15.0. The summed E-state index contributed by atoms with van der Waals surface area (Å²) in [7, 11) is 0. The molecular weight excluding hydrogens is 222 g/mol. The van der Waals surface area contributed by atoms with Gasteiger partial charge in [0, 0.05) is 35.9 Å². The van der Waals surface area contributed by atoms with Crippen molar-refractivity contribution in [3.8, 4) is 5.69 Å². The van der Waals surface area contributed by atoms with Gasteiger partial charge in [-0.25, -0.2) is 0 Å². The van der Waals surface area contributed by atoms with E-state index in [1.807, 2.05) is 12.1 Å². The molecule has 3 rings (SSSR count). The second-order valence-electron chi connectivity index (χ2n) is 5.06. The lowest BCUT2D eigenvalue weighted by Gasteiger charge is -2.15. The molecule has 1 aromatic carbocycles. The van der Waals surface area contributed by atoms with Crippen LogP contribution in [0, 0.1) is 0 Å². The van der Waals surface area contributed by atoms with E-state index in [4.69, 9.17) is 5.73 Å². The molecule has 2 aromatic rings. The molecule has 0 radical (unpaired) electrons. The zero-order chi connectivity index (χ0) is 12.4. The lowest BCUT2D eigenvalue weighted by molar-refractivity contribution is 0.688. The van der Waals surface area contributed by atoms with Crippen molar-refractivity contribution >= 4 is 5.69 Å². The van der Waals surface area contributed by atoms with Crippen LogP contribution in [0.3, 0.4) is 0 Å². The van der Waals surface area contributed by atoms with Crippen molar-refractivity contribution in [2.45, 2.75) is 31.3 Å². The predicted octanol–water partition coefficient (Wildman–Crippen LogP) is 2.77. The summed E-state index contributed by atoms with van der Waals surface area (Å²) in [6.07, 6.45) is 7.51. The Bertz CT molecular complexity index is 504. The predicted molar refractivity (Wildman–Crippen MR) is 75.0 cm³/mol. The van der Waals surface area contributed by atoms with Crippen molar-refractivity contribution in [1.29, 1.82) is 0 Å². The maximum atomic E-state index is 5.94. The van der Waals surface area contributed by atoms with Gasteiger partial charge in [-0.3, -0.25) is 0 Å². The Morgan fingerprint density at radius 2 is 1.94 bits per heavy atom. The standard InChI is InChI=1S/C15H19N3/c16-12-6-7-14(10-12)17-13-4-3-5-15(11-13)18-8-1-2-9-18/h1-5,8-9,11-12,14,17H,6-7,10,16H2. The minimum Gasteiger partial charge on any atom is -0.382 e. The number of rotatable bonds is 3. The molecule has 3 heteroatoms. The van der Waals surface area contributed by atoms with E-state index in [-0.39, 0.29) is 0 Å². The molecule has 3 N–H and O–H groups in total. The zero-order valence-corrected chi connectivity index (χ0v) is 10.4. The molecule has 0 aliphatic heterocycles. The third-order valence-corrected chi connectivity index (χ3v) is 3.59. The number of hydrogen-bond donors (Lipinski definition) is 2. The second kappa shape index (κ2) is 4.86. The molecule has 3 nitrogen and oxygen atoms in total. The monoisotopic (exact) mass is 241 g/mol. The molecule has 1 aromatic heterocycles. The molecule has 0 spiro atoms. The van der Waals surface area contributed by atoms with Crippen LogP contribution in [-0.4, -0.2) is 16.7 Å². The van der Waals surface area contributed by atoms with Gasteiger partial charge in [0.15, 0.2) is 0 Å². The smallest absolute Gasteiger partial charge is 0.0469 e. The van der Waals surface area contributed by atoms with E-state index >= 15 is 0 Å². The summed E-state index contributed by atoms with van der Waals surface area (Å²) in [5, 5.41) is 3.58. The van der Waals surface area contributed by atoms with Gasteiger partial charge in [0.05, 0.1) is 0 Å². The maximum Gasteiger partial charge on any atom is 0.0469 e. The van der Waals surface area contributed by atoms with E-state index in [2.05, 4.69) is 46.5 Å². The van der Waals surface area contributed by atoms with Gasteiger partial charge in [0.2, 0.25) is 0 Å². The van der Waals surface area contributed by atoms with Crippen molar-refractivity contribution in [2.75, 3.05) is 5.32 Å². The molecule has 2 unspecified atom stereocenters. The van der Waals surface area contributed by atoms with Crippen molar-refractivity contribution in [3.63, 3.8) is 0 Å².